The van der Waals surface area contributed by atoms with Crippen molar-refractivity contribution in [2.45, 2.75) is 13.0 Å². The van der Waals surface area contributed by atoms with Crippen LogP contribution in [0.4, 0.5) is 4.39 Å². The highest BCUT2D eigenvalue weighted by Gasteiger charge is 2.10. The van der Waals surface area contributed by atoms with Crippen LogP contribution in [0.5, 0.6) is 0 Å². The van der Waals surface area contributed by atoms with E-state index in [9.17, 15) is 14.0 Å². The second kappa shape index (κ2) is 5.79. The maximum atomic E-state index is 12.6. The lowest BCUT2D eigenvalue weighted by Gasteiger charge is -2.08. The van der Waals surface area contributed by atoms with E-state index >= 15 is 0 Å². The second-order valence-electron chi connectivity index (χ2n) is 3.31. The SMILES string of the molecule is CC(/C=C\C(=O)O)OC(=O)c1ccc(F)cc1. The van der Waals surface area contributed by atoms with Gasteiger partial charge < -0.3 is 9.84 Å². The first kappa shape index (κ1) is 12.9. The molecule has 0 radical (unpaired) electrons. The van der Waals surface area contributed by atoms with Crippen molar-refractivity contribution in [1.82, 2.24) is 0 Å². The number of carboxylic acid groups (broad SMARTS) is 1. The quantitative estimate of drug-likeness (QED) is 0.643. The molecule has 1 N–H and O–H groups in total. The number of hydrogen-bond donors (Lipinski definition) is 1. The minimum absolute atomic E-state index is 0.210. The molecule has 1 atom stereocenters. The van der Waals surface area contributed by atoms with Gasteiger partial charge in [0.15, 0.2) is 0 Å². The number of aliphatic carboxylic acids is 1. The standard InChI is InChI=1S/C12H11FO4/c1-8(2-7-11(14)15)17-12(16)9-3-5-10(13)6-4-9/h2-8H,1H3,(H,14,15)/b7-2-. The van der Waals surface area contributed by atoms with Crippen LogP contribution in [0.15, 0.2) is 36.4 Å². The maximum Gasteiger partial charge on any atom is 0.338 e. The van der Waals surface area contributed by atoms with Gasteiger partial charge in [0.2, 0.25) is 0 Å². The highest BCUT2D eigenvalue weighted by molar-refractivity contribution is 5.89. The lowest BCUT2D eigenvalue weighted by molar-refractivity contribution is -0.131. The van der Waals surface area contributed by atoms with Crippen LogP contribution in [0.3, 0.4) is 0 Å². The third-order valence-corrected chi connectivity index (χ3v) is 1.88. The number of ether oxygens (including phenoxy) is 1. The molecule has 0 saturated heterocycles. The number of carbonyl (C=O) groups excluding carboxylic acids is 1. The minimum atomic E-state index is -1.12. The zero-order valence-electron chi connectivity index (χ0n) is 9.09. The van der Waals surface area contributed by atoms with Gasteiger partial charge in [-0.1, -0.05) is 0 Å². The zero-order valence-corrected chi connectivity index (χ0v) is 9.09. The topological polar surface area (TPSA) is 63.6 Å². The van der Waals surface area contributed by atoms with E-state index in [1.165, 1.54) is 25.1 Å². The van der Waals surface area contributed by atoms with E-state index in [0.717, 1.165) is 18.2 Å². The average Bonchev–Trinajstić information content (AvgIpc) is 2.27. The molecule has 0 aliphatic carbocycles. The summed E-state index contributed by atoms with van der Waals surface area (Å²) in [5, 5.41) is 8.38. The molecule has 0 aromatic heterocycles. The van der Waals surface area contributed by atoms with Crippen LogP contribution in [-0.4, -0.2) is 23.1 Å². The number of hydrogen-bond acceptors (Lipinski definition) is 3. The molecule has 5 heteroatoms. The first-order chi connectivity index (χ1) is 7.99. The van der Waals surface area contributed by atoms with Crippen LogP contribution >= 0.6 is 0 Å². The van der Waals surface area contributed by atoms with E-state index in [1.807, 2.05) is 0 Å². The van der Waals surface area contributed by atoms with Crippen molar-refractivity contribution in [3.05, 3.63) is 47.8 Å². The van der Waals surface area contributed by atoms with E-state index < -0.39 is 23.9 Å². The third-order valence-electron chi connectivity index (χ3n) is 1.88. The van der Waals surface area contributed by atoms with Crippen LogP contribution in [0.2, 0.25) is 0 Å². The van der Waals surface area contributed by atoms with E-state index in [4.69, 9.17) is 9.84 Å². The highest BCUT2D eigenvalue weighted by atomic mass is 19.1. The van der Waals surface area contributed by atoms with Crippen molar-refractivity contribution in [2.24, 2.45) is 0 Å². The molecule has 0 bridgehead atoms. The molecule has 0 saturated carbocycles. The molecule has 0 fully saturated rings. The zero-order chi connectivity index (χ0) is 12.8. The third kappa shape index (κ3) is 4.46. The van der Waals surface area contributed by atoms with Crippen LogP contribution < -0.4 is 0 Å². The van der Waals surface area contributed by atoms with E-state index in [2.05, 4.69) is 0 Å². The fourth-order valence-electron chi connectivity index (χ4n) is 1.08. The van der Waals surface area contributed by atoms with Gasteiger partial charge in [0.05, 0.1) is 5.56 Å². The molecule has 0 heterocycles. The summed E-state index contributed by atoms with van der Waals surface area (Å²) < 4.78 is 17.5. The number of carboxylic acids is 1. The van der Waals surface area contributed by atoms with Gasteiger partial charge in [-0.3, -0.25) is 0 Å². The Hall–Kier alpha value is -2.17. The van der Waals surface area contributed by atoms with Crippen molar-refractivity contribution < 1.29 is 23.8 Å². The predicted molar refractivity (Wildman–Crippen MR) is 58.1 cm³/mol. The molecule has 90 valence electrons. The van der Waals surface area contributed by atoms with Crippen molar-refractivity contribution in [3.63, 3.8) is 0 Å². The van der Waals surface area contributed by atoms with Crippen molar-refractivity contribution in [1.29, 1.82) is 0 Å². The molecule has 0 aliphatic rings. The summed E-state index contributed by atoms with van der Waals surface area (Å²) in [4.78, 5) is 21.7. The van der Waals surface area contributed by atoms with Gasteiger partial charge in [-0.25, -0.2) is 14.0 Å². The van der Waals surface area contributed by atoms with E-state index in [-0.39, 0.29) is 5.56 Å². The largest absolute Gasteiger partial charge is 0.478 e. The van der Waals surface area contributed by atoms with Crippen LogP contribution in [0, 0.1) is 5.82 Å². The van der Waals surface area contributed by atoms with Gasteiger partial charge >= 0.3 is 11.9 Å². The van der Waals surface area contributed by atoms with Gasteiger partial charge in [-0.05, 0) is 37.3 Å². The van der Waals surface area contributed by atoms with E-state index in [1.54, 1.807) is 0 Å². The second-order valence-corrected chi connectivity index (χ2v) is 3.31. The van der Waals surface area contributed by atoms with Gasteiger partial charge in [0.1, 0.15) is 11.9 Å². The molecule has 0 spiro atoms. The molecule has 0 aliphatic heterocycles. The maximum absolute atomic E-state index is 12.6. The molecule has 1 rings (SSSR count). The normalized spacial score (nSPS) is 12.4. The number of halogens is 1. The summed E-state index contributed by atoms with van der Waals surface area (Å²) in [6.45, 7) is 1.53. The molecule has 1 aromatic rings. The highest BCUT2D eigenvalue weighted by Crippen LogP contribution is 2.06. The fraction of sp³-hybridized carbons (Fsp3) is 0.167. The Kier molecular flexibility index (Phi) is 4.39. The van der Waals surface area contributed by atoms with E-state index in [0.29, 0.717) is 0 Å². The Morgan fingerprint density at radius 1 is 1.35 bits per heavy atom. The number of esters is 1. The van der Waals surface area contributed by atoms with Crippen molar-refractivity contribution in [2.75, 3.05) is 0 Å². The van der Waals surface area contributed by atoms with Gasteiger partial charge in [-0.2, -0.15) is 0 Å². The van der Waals surface area contributed by atoms with Crippen molar-refractivity contribution in [3.8, 4) is 0 Å². The Morgan fingerprint density at radius 3 is 2.47 bits per heavy atom. The number of carbonyl (C=O) groups is 2. The first-order valence-electron chi connectivity index (χ1n) is 4.86. The fourth-order valence-corrected chi connectivity index (χ4v) is 1.08. The molecule has 1 aromatic carbocycles. The van der Waals surface area contributed by atoms with Gasteiger partial charge in [0.25, 0.3) is 0 Å². The summed E-state index contributed by atoms with van der Waals surface area (Å²) >= 11 is 0. The Morgan fingerprint density at radius 2 is 1.94 bits per heavy atom. The molecular formula is C12H11FO4. The van der Waals surface area contributed by atoms with Crippen LogP contribution in [-0.2, 0) is 9.53 Å². The lowest BCUT2D eigenvalue weighted by atomic mass is 10.2. The Balaban J connectivity index is 2.60. The summed E-state index contributed by atoms with van der Waals surface area (Å²) in [5.41, 5.74) is 0.210. The average molecular weight is 238 g/mol. The molecule has 4 nitrogen and oxygen atoms in total. The smallest absolute Gasteiger partial charge is 0.338 e. The molecule has 17 heavy (non-hydrogen) atoms. The summed E-state index contributed by atoms with van der Waals surface area (Å²) in [6.07, 6.45) is 1.47. The van der Waals surface area contributed by atoms with Gasteiger partial charge in [0, 0.05) is 6.08 Å². The molecule has 1 unspecified atom stereocenters. The van der Waals surface area contributed by atoms with Gasteiger partial charge in [-0.15, -0.1) is 0 Å². The monoisotopic (exact) mass is 238 g/mol. The Labute approximate surface area is 97.3 Å². The molecular weight excluding hydrogens is 227 g/mol. The predicted octanol–water partition coefficient (Wildman–Crippen LogP) is 2.01. The minimum Gasteiger partial charge on any atom is -0.478 e. The lowest BCUT2D eigenvalue weighted by Crippen LogP contribution is -2.13. The summed E-state index contributed by atoms with van der Waals surface area (Å²) in [7, 11) is 0. The van der Waals surface area contributed by atoms with Crippen LogP contribution in [0.1, 0.15) is 17.3 Å². The van der Waals surface area contributed by atoms with Crippen molar-refractivity contribution >= 4 is 11.9 Å². The summed E-state index contributed by atoms with van der Waals surface area (Å²) in [6, 6.07) is 4.89. The molecule has 0 amide bonds. The number of rotatable bonds is 4. The number of benzene rings is 1. The van der Waals surface area contributed by atoms with Crippen LogP contribution in [0.25, 0.3) is 0 Å². The first-order valence-corrected chi connectivity index (χ1v) is 4.86. The summed E-state index contributed by atoms with van der Waals surface area (Å²) in [5.74, 6) is -2.19. The Bertz CT molecular complexity index is 436.